The topological polar surface area (TPSA) is 127 Å². The number of benzene rings is 1. The van der Waals surface area contributed by atoms with Crippen LogP contribution in [0, 0.1) is 0 Å². The van der Waals surface area contributed by atoms with Crippen LogP contribution in [-0.2, 0) is 10.9 Å². The molecule has 4 rings (SSSR count). The third-order valence-corrected chi connectivity index (χ3v) is 4.96. The molecule has 3 heterocycles. The summed E-state index contributed by atoms with van der Waals surface area (Å²) in [6.45, 7) is 3.24. The molecule has 1 fully saturated rings. The van der Waals surface area contributed by atoms with Crippen LogP contribution in [0.15, 0.2) is 41.1 Å². The van der Waals surface area contributed by atoms with Crippen LogP contribution in [0.4, 0.5) is 29.7 Å². The summed E-state index contributed by atoms with van der Waals surface area (Å²) in [5, 5.41) is 16.6. The van der Waals surface area contributed by atoms with Gasteiger partial charge in [0.1, 0.15) is 24.5 Å². The van der Waals surface area contributed by atoms with E-state index in [2.05, 4.69) is 25.4 Å². The van der Waals surface area contributed by atoms with E-state index in [-0.39, 0.29) is 35.7 Å². The van der Waals surface area contributed by atoms with E-state index in [1.807, 2.05) is 0 Å². The van der Waals surface area contributed by atoms with Crippen molar-refractivity contribution in [1.29, 1.82) is 0 Å². The van der Waals surface area contributed by atoms with E-state index in [1.165, 1.54) is 29.3 Å². The number of hydrogen-bond donors (Lipinski definition) is 2. The molecule has 13 heteroatoms. The molecule has 2 N–H and O–H groups in total. The molecule has 33 heavy (non-hydrogen) atoms. The lowest BCUT2D eigenvalue weighted by Crippen LogP contribution is -2.41. The van der Waals surface area contributed by atoms with E-state index in [0.29, 0.717) is 0 Å². The smallest absolute Gasteiger partial charge is 0.416 e. The molecule has 0 aliphatic carbocycles. The number of anilines is 2. The summed E-state index contributed by atoms with van der Waals surface area (Å²) in [7, 11) is 0. The lowest BCUT2D eigenvalue weighted by molar-refractivity contribution is -0.137. The Morgan fingerprint density at radius 2 is 2.03 bits per heavy atom. The minimum atomic E-state index is -4.49. The van der Waals surface area contributed by atoms with Gasteiger partial charge in [-0.05, 0) is 32.0 Å². The zero-order valence-electron chi connectivity index (χ0n) is 17.4. The van der Waals surface area contributed by atoms with E-state index in [9.17, 15) is 23.1 Å². The first kappa shape index (κ1) is 22.5. The van der Waals surface area contributed by atoms with Gasteiger partial charge in [-0.15, -0.1) is 0 Å². The Labute approximate surface area is 185 Å². The van der Waals surface area contributed by atoms with Crippen LogP contribution in [-0.4, -0.2) is 50.1 Å². The third-order valence-electron chi connectivity index (χ3n) is 4.96. The Balaban J connectivity index is 1.51. The number of ether oxygens (including phenoxy) is 1. The monoisotopic (exact) mass is 464 g/mol. The summed E-state index contributed by atoms with van der Waals surface area (Å²) >= 11 is 0. The highest BCUT2D eigenvalue weighted by molar-refractivity contribution is 5.89. The maximum Gasteiger partial charge on any atom is 0.416 e. The molecule has 3 atom stereocenters. The first-order chi connectivity index (χ1) is 15.6. The fourth-order valence-electron chi connectivity index (χ4n) is 3.23. The number of carbonyl (C=O) groups excluding carboxylic acids is 1. The predicted molar refractivity (Wildman–Crippen MR) is 108 cm³/mol. The number of aromatic nitrogens is 4. The number of nitrogens with one attached hydrogen (secondary N) is 1. The molecule has 0 bridgehead atoms. The van der Waals surface area contributed by atoms with Crippen molar-refractivity contribution in [2.45, 2.75) is 38.2 Å². The molecule has 0 radical (unpaired) electrons. The van der Waals surface area contributed by atoms with Crippen LogP contribution in [0.3, 0.4) is 0 Å². The minimum absolute atomic E-state index is 0.000920. The molecular formula is C20H19F3N6O4. The number of aliphatic hydroxyl groups excluding tert-OH is 1. The Bertz CT molecular complexity index is 1150. The highest BCUT2D eigenvalue weighted by atomic mass is 19.4. The normalized spacial score (nSPS) is 18.2. The molecule has 0 saturated carbocycles. The van der Waals surface area contributed by atoms with Crippen molar-refractivity contribution in [1.82, 2.24) is 20.1 Å². The zero-order chi connectivity index (χ0) is 23.8. The number of alkyl halides is 3. The number of nitrogens with zero attached hydrogens (tertiary/aromatic N) is 5. The van der Waals surface area contributed by atoms with Crippen molar-refractivity contribution < 1.29 is 32.3 Å². The fourth-order valence-corrected chi connectivity index (χ4v) is 3.23. The SMILES string of the molecule is CC(Nc1nccc(N2C(=O)OCC2[C@@H](C)O)n1)c1nc(-c2cccc(C(F)(F)F)c2)no1. The Morgan fingerprint density at radius 3 is 2.76 bits per heavy atom. The van der Waals surface area contributed by atoms with Crippen molar-refractivity contribution in [3.8, 4) is 11.4 Å². The molecule has 1 aromatic carbocycles. The van der Waals surface area contributed by atoms with E-state index in [0.717, 1.165) is 12.1 Å². The first-order valence-electron chi connectivity index (χ1n) is 9.88. The van der Waals surface area contributed by atoms with Crippen LogP contribution >= 0.6 is 0 Å². The van der Waals surface area contributed by atoms with Gasteiger partial charge in [-0.2, -0.15) is 23.1 Å². The van der Waals surface area contributed by atoms with Crippen molar-refractivity contribution in [2.75, 3.05) is 16.8 Å². The van der Waals surface area contributed by atoms with Gasteiger partial charge in [-0.3, -0.25) is 4.90 Å². The van der Waals surface area contributed by atoms with Gasteiger partial charge in [0.05, 0.1) is 11.7 Å². The van der Waals surface area contributed by atoms with Gasteiger partial charge in [0, 0.05) is 11.8 Å². The van der Waals surface area contributed by atoms with Crippen LogP contribution in [0.5, 0.6) is 0 Å². The van der Waals surface area contributed by atoms with Gasteiger partial charge in [-0.25, -0.2) is 9.78 Å². The second-order valence-electron chi connectivity index (χ2n) is 7.39. The van der Waals surface area contributed by atoms with Crippen LogP contribution in [0.2, 0.25) is 0 Å². The standard InChI is InChI=1S/C20H19F3N6O4/c1-10(17-27-16(28-33-17)12-4-3-5-13(8-12)20(21,22)23)25-18-24-7-6-15(26-18)29-14(11(2)30)9-32-19(29)31/h3-8,10-11,14,30H,9H2,1-2H3,(H,24,25,26)/t10?,11-,14?/m1/s1. The van der Waals surface area contributed by atoms with E-state index >= 15 is 0 Å². The quantitative estimate of drug-likeness (QED) is 0.564. The average molecular weight is 464 g/mol. The van der Waals surface area contributed by atoms with E-state index in [1.54, 1.807) is 13.8 Å². The molecule has 10 nitrogen and oxygen atoms in total. The van der Waals surface area contributed by atoms with Gasteiger partial charge in [0.15, 0.2) is 0 Å². The second kappa shape index (κ2) is 8.65. The predicted octanol–water partition coefficient (Wildman–Crippen LogP) is 3.42. The van der Waals surface area contributed by atoms with Crippen molar-refractivity contribution >= 4 is 17.9 Å². The summed E-state index contributed by atoms with van der Waals surface area (Å²) in [6.07, 6.45) is -4.55. The molecule has 1 aliphatic heterocycles. The average Bonchev–Trinajstić information content (AvgIpc) is 3.41. The summed E-state index contributed by atoms with van der Waals surface area (Å²) < 4.78 is 49.1. The Hall–Kier alpha value is -3.74. The van der Waals surface area contributed by atoms with Crippen LogP contribution in [0.1, 0.15) is 31.3 Å². The van der Waals surface area contributed by atoms with Crippen molar-refractivity contribution in [3.05, 3.63) is 48.0 Å². The molecule has 174 valence electrons. The third kappa shape index (κ3) is 4.72. The molecular weight excluding hydrogens is 445 g/mol. The summed E-state index contributed by atoms with van der Waals surface area (Å²) in [4.78, 5) is 25.9. The number of aliphatic hydroxyl groups is 1. The number of carbonyl (C=O) groups is 1. The van der Waals surface area contributed by atoms with E-state index < -0.39 is 36.0 Å². The molecule has 1 aliphatic rings. The maximum absolute atomic E-state index is 13.0. The van der Waals surface area contributed by atoms with Crippen LogP contribution in [0.25, 0.3) is 11.4 Å². The largest absolute Gasteiger partial charge is 0.447 e. The minimum Gasteiger partial charge on any atom is -0.447 e. The van der Waals surface area contributed by atoms with Crippen molar-refractivity contribution in [2.24, 2.45) is 0 Å². The first-order valence-corrected chi connectivity index (χ1v) is 9.88. The summed E-state index contributed by atoms with van der Waals surface area (Å²) in [5.74, 6) is 0.448. The molecule has 1 saturated heterocycles. The Morgan fingerprint density at radius 1 is 1.24 bits per heavy atom. The highest BCUT2D eigenvalue weighted by Gasteiger charge is 2.38. The van der Waals surface area contributed by atoms with Gasteiger partial charge in [0.2, 0.25) is 17.7 Å². The molecule has 2 aromatic heterocycles. The number of halogens is 3. The molecule has 0 spiro atoms. The fraction of sp³-hybridized carbons (Fsp3) is 0.350. The molecule has 1 amide bonds. The highest BCUT2D eigenvalue weighted by Crippen LogP contribution is 2.32. The Kier molecular flexibility index (Phi) is 5.89. The van der Waals surface area contributed by atoms with Gasteiger partial charge >= 0.3 is 12.3 Å². The molecule has 2 unspecified atom stereocenters. The summed E-state index contributed by atoms with van der Waals surface area (Å²) in [6, 6.07) is 4.90. The van der Waals surface area contributed by atoms with Gasteiger partial charge in [0.25, 0.3) is 0 Å². The second-order valence-corrected chi connectivity index (χ2v) is 7.39. The number of hydrogen-bond acceptors (Lipinski definition) is 9. The maximum atomic E-state index is 13.0. The van der Waals surface area contributed by atoms with Crippen LogP contribution < -0.4 is 10.2 Å². The number of cyclic esters (lactones) is 1. The van der Waals surface area contributed by atoms with Gasteiger partial charge < -0.3 is 19.7 Å². The van der Waals surface area contributed by atoms with Gasteiger partial charge in [-0.1, -0.05) is 17.3 Å². The number of rotatable bonds is 6. The molecule has 3 aromatic rings. The summed E-state index contributed by atoms with van der Waals surface area (Å²) in [5.41, 5.74) is -0.666. The lowest BCUT2D eigenvalue weighted by atomic mass is 10.1. The van der Waals surface area contributed by atoms with E-state index in [4.69, 9.17) is 9.26 Å². The number of amides is 1. The zero-order valence-corrected chi connectivity index (χ0v) is 17.4. The van der Waals surface area contributed by atoms with Crippen molar-refractivity contribution in [3.63, 3.8) is 0 Å². The lowest BCUT2D eigenvalue weighted by Gasteiger charge is -2.22.